The van der Waals surface area contributed by atoms with Crippen molar-refractivity contribution in [1.82, 2.24) is 10.2 Å². The van der Waals surface area contributed by atoms with Crippen LogP contribution in [0.4, 0.5) is 0 Å². The molecule has 1 unspecified atom stereocenters. The third-order valence-electron chi connectivity index (χ3n) is 5.31. The van der Waals surface area contributed by atoms with Crippen molar-refractivity contribution in [2.24, 2.45) is 0 Å². The molecule has 0 amide bonds. The van der Waals surface area contributed by atoms with Crippen molar-refractivity contribution < 1.29 is 0 Å². The molecule has 0 radical (unpaired) electrons. The first kappa shape index (κ1) is 15.1. The summed E-state index contributed by atoms with van der Waals surface area (Å²) in [6.45, 7) is 8.89. The first-order valence-corrected chi connectivity index (χ1v) is 8.26. The van der Waals surface area contributed by atoms with E-state index in [0.717, 1.165) is 0 Å². The first-order chi connectivity index (χ1) is 9.19. The number of hydrogen-bond acceptors (Lipinski definition) is 2. The molecular weight excluding hydrogens is 232 g/mol. The monoisotopic (exact) mass is 264 g/mol. The van der Waals surface area contributed by atoms with Gasteiger partial charge in [-0.3, -0.25) is 4.90 Å². The zero-order chi connectivity index (χ0) is 13.7. The third-order valence-corrected chi connectivity index (χ3v) is 5.31. The van der Waals surface area contributed by atoms with E-state index < -0.39 is 0 Å². The van der Waals surface area contributed by atoms with Crippen molar-refractivity contribution in [2.45, 2.75) is 76.3 Å². The van der Waals surface area contributed by atoms with Gasteiger partial charge < -0.3 is 5.32 Å². The maximum atomic E-state index is 4.08. The molecule has 2 nitrogen and oxygen atoms in total. The van der Waals surface area contributed by atoms with Crippen LogP contribution in [0.3, 0.4) is 0 Å². The minimum Gasteiger partial charge on any atom is -0.315 e. The minimum absolute atomic E-state index is 0.449. The summed E-state index contributed by atoms with van der Waals surface area (Å²) in [7, 11) is 2.16. The van der Waals surface area contributed by atoms with Gasteiger partial charge in [0.1, 0.15) is 0 Å². The van der Waals surface area contributed by atoms with Crippen LogP contribution in [-0.2, 0) is 0 Å². The Bertz CT molecular complexity index is 286. The molecule has 2 fully saturated rings. The zero-order valence-corrected chi connectivity index (χ0v) is 13.0. The Morgan fingerprint density at radius 3 is 2.32 bits per heavy atom. The highest BCUT2D eigenvalue weighted by Gasteiger charge is 2.45. The summed E-state index contributed by atoms with van der Waals surface area (Å²) in [5, 5.41) is 3.65. The second-order valence-corrected chi connectivity index (χ2v) is 6.70. The van der Waals surface area contributed by atoms with Gasteiger partial charge in [-0.05, 0) is 65.6 Å². The second-order valence-electron chi connectivity index (χ2n) is 6.70. The predicted molar refractivity (Wildman–Crippen MR) is 83.5 cm³/mol. The molecule has 0 bridgehead atoms. The lowest BCUT2D eigenvalue weighted by Crippen LogP contribution is -2.60. The van der Waals surface area contributed by atoms with E-state index in [1.165, 1.54) is 76.5 Å². The molecule has 1 aliphatic heterocycles. The van der Waals surface area contributed by atoms with Crippen molar-refractivity contribution in [2.75, 3.05) is 20.1 Å². The minimum atomic E-state index is 0.449. The Labute approximate surface area is 119 Å². The number of nitrogens with zero attached hydrogens (tertiary/aromatic N) is 1. The summed E-state index contributed by atoms with van der Waals surface area (Å²) in [6, 6.07) is 0.643. The second kappa shape index (κ2) is 6.90. The quantitative estimate of drug-likeness (QED) is 0.735. The van der Waals surface area contributed by atoms with E-state index in [1.54, 1.807) is 0 Å². The number of nitrogens with one attached hydrogen (secondary N) is 1. The summed E-state index contributed by atoms with van der Waals surface area (Å²) in [6.07, 6.45) is 12.3. The molecule has 2 rings (SSSR count). The number of rotatable bonds is 6. The maximum Gasteiger partial charge on any atom is 0.0362 e. The molecule has 2 heteroatoms. The van der Waals surface area contributed by atoms with Gasteiger partial charge >= 0.3 is 0 Å². The van der Waals surface area contributed by atoms with Gasteiger partial charge in [0, 0.05) is 11.6 Å². The predicted octanol–water partition coefficient (Wildman–Crippen LogP) is 3.73. The average Bonchev–Trinajstić information content (AvgIpc) is 2.91. The molecule has 1 saturated heterocycles. The standard InChI is InChI=1S/C17H32N2/c1-15(2)9-10-16(18-3)17(11-5-6-12-17)19-13-7-4-8-14-19/h16,18H,1,4-14H2,2-3H3. The number of piperidine rings is 1. The fraction of sp³-hybridized carbons (Fsp3) is 0.882. The van der Waals surface area contributed by atoms with Gasteiger partial charge in [-0.2, -0.15) is 0 Å². The molecule has 19 heavy (non-hydrogen) atoms. The van der Waals surface area contributed by atoms with Crippen LogP contribution in [-0.4, -0.2) is 36.6 Å². The fourth-order valence-corrected chi connectivity index (χ4v) is 4.28. The zero-order valence-electron chi connectivity index (χ0n) is 13.0. The molecule has 0 spiro atoms. The van der Waals surface area contributed by atoms with Gasteiger partial charge in [0.05, 0.1) is 0 Å². The van der Waals surface area contributed by atoms with Crippen molar-refractivity contribution in [1.29, 1.82) is 0 Å². The summed E-state index contributed by atoms with van der Waals surface area (Å²) >= 11 is 0. The lowest BCUT2D eigenvalue weighted by atomic mass is 9.81. The van der Waals surface area contributed by atoms with E-state index in [1.807, 2.05) is 0 Å². The van der Waals surface area contributed by atoms with Crippen LogP contribution in [0.15, 0.2) is 12.2 Å². The molecule has 110 valence electrons. The number of likely N-dealkylation sites (N-methyl/N-ethyl adjacent to an activating group) is 1. The van der Waals surface area contributed by atoms with Crippen molar-refractivity contribution in [3.05, 3.63) is 12.2 Å². The van der Waals surface area contributed by atoms with Crippen LogP contribution >= 0.6 is 0 Å². The van der Waals surface area contributed by atoms with Gasteiger partial charge in [-0.1, -0.05) is 24.8 Å². The number of likely N-dealkylation sites (tertiary alicyclic amines) is 1. The van der Waals surface area contributed by atoms with Gasteiger partial charge in [0.15, 0.2) is 0 Å². The number of hydrogen-bond donors (Lipinski definition) is 1. The summed E-state index contributed by atoms with van der Waals surface area (Å²) in [5.41, 5.74) is 1.77. The van der Waals surface area contributed by atoms with Crippen LogP contribution in [0.2, 0.25) is 0 Å². The maximum absolute atomic E-state index is 4.08. The average molecular weight is 264 g/mol. The first-order valence-electron chi connectivity index (χ1n) is 8.26. The highest BCUT2D eigenvalue weighted by molar-refractivity contribution is 5.05. The van der Waals surface area contributed by atoms with Crippen LogP contribution in [0.25, 0.3) is 0 Å². The Morgan fingerprint density at radius 1 is 1.16 bits per heavy atom. The van der Waals surface area contributed by atoms with E-state index in [9.17, 15) is 0 Å². The van der Waals surface area contributed by atoms with Crippen molar-refractivity contribution >= 4 is 0 Å². The molecule has 1 heterocycles. The highest BCUT2D eigenvalue weighted by atomic mass is 15.2. The summed E-state index contributed by atoms with van der Waals surface area (Å²) in [4.78, 5) is 2.84. The van der Waals surface area contributed by atoms with E-state index in [2.05, 4.69) is 30.8 Å². The topological polar surface area (TPSA) is 15.3 Å². The molecule has 1 saturated carbocycles. The van der Waals surface area contributed by atoms with Crippen LogP contribution in [0, 0.1) is 0 Å². The Balaban J connectivity index is 2.08. The molecule has 0 aromatic carbocycles. The van der Waals surface area contributed by atoms with Crippen molar-refractivity contribution in [3.63, 3.8) is 0 Å². The molecular formula is C17H32N2. The van der Waals surface area contributed by atoms with Gasteiger partial charge in [0.25, 0.3) is 0 Å². The van der Waals surface area contributed by atoms with Crippen molar-refractivity contribution in [3.8, 4) is 0 Å². The van der Waals surface area contributed by atoms with Gasteiger partial charge in [-0.25, -0.2) is 0 Å². The van der Waals surface area contributed by atoms with Crippen LogP contribution in [0.5, 0.6) is 0 Å². The molecule has 1 atom stereocenters. The fourth-order valence-electron chi connectivity index (χ4n) is 4.28. The van der Waals surface area contributed by atoms with Crippen LogP contribution in [0.1, 0.15) is 64.7 Å². The number of allylic oxidation sites excluding steroid dienone is 1. The SMILES string of the molecule is C=C(C)CCC(NC)C1(N2CCCCC2)CCCC1. The Hall–Kier alpha value is -0.340. The highest BCUT2D eigenvalue weighted by Crippen LogP contribution is 2.41. The van der Waals surface area contributed by atoms with E-state index in [-0.39, 0.29) is 0 Å². The molecule has 2 aliphatic rings. The largest absolute Gasteiger partial charge is 0.315 e. The van der Waals surface area contributed by atoms with E-state index in [4.69, 9.17) is 0 Å². The molecule has 0 aromatic rings. The van der Waals surface area contributed by atoms with Gasteiger partial charge in [-0.15, -0.1) is 6.58 Å². The van der Waals surface area contributed by atoms with Crippen LogP contribution < -0.4 is 5.32 Å². The Morgan fingerprint density at radius 2 is 1.79 bits per heavy atom. The third kappa shape index (κ3) is 3.41. The van der Waals surface area contributed by atoms with Gasteiger partial charge in [0.2, 0.25) is 0 Å². The molecule has 1 N–H and O–H groups in total. The normalized spacial score (nSPS) is 25.4. The smallest absolute Gasteiger partial charge is 0.0362 e. The Kier molecular flexibility index (Phi) is 5.47. The van der Waals surface area contributed by atoms with E-state index >= 15 is 0 Å². The summed E-state index contributed by atoms with van der Waals surface area (Å²) in [5.74, 6) is 0. The summed E-state index contributed by atoms with van der Waals surface area (Å²) < 4.78 is 0. The van der Waals surface area contributed by atoms with E-state index in [0.29, 0.717) is 11.6 Å². The lowest BCUT2D eigenvalue weighted by Gasteiger charge is -2.48. The molecule has 1 aliphatic carbocycles. The molecule has 0 aromatic heterocycles. The lowest BCUT2D eigenvalue weighted by molar-refractivity contribution is 0.0364.